The Kier molecular flexibility index (Phi) is 8.36. The van der Waals surface area contributed by atoms with Crippen LogP contribution in [0.4, 0.5) is 0 Å². The first-order valence-electron chi connectivity index (χ1n) is 11.2. The summed E-state index contributed by atoms with van der Waals surface area (Å²) in [5.41, 5.74) is 5.32. The van der Waals surface area contributed by atoms with Crippen molar-refractivity contribution in [2.24, 2.45) is 5.92 Å². The van der Waals surface area contributed by atoms with E-state index in [4.69, 9.17) is 4.74 Å². The summed E-state index contributed by atoms with van der Waals surface area (Å²) in [6.07, 6.45) is 13.0. The topological polar surface area (TPSA) is 9.23 Å². The molecule has 3 rings (SSSR count). The van der Waals surface area contributed by atoms with Crippen molar-refractivity contribution in [2.45, 2.75) is 70.8 Å². The molecule has 0 aliphatic heterocycles. The SMILES string of the molecule is C=CCOCc1ccc(-c2ccc([C@H]3CC[C@H](CCCCC)CC3)cc2)cc1. The van der Waals surface area contributed by atoms with Gasteiger partial charge >= 0.3 is 0 Å². The summed E-state index contributed by atoms with van der Waals surface area (Å²) in [7, 11) is 0. The van der Waals surface area contributed by atoms with Gasteiger partial charge in [0.2, 0.25) is 0 Å². The van der Waals surface area contributed by atoms with Crippen LogP contribution < -0.4 is 0 Å². The molecule has 0 bridgehead atoms. The second-order valence-corrected chi connectivity index (χ2v) is 8.34. The van der Waals surface area contributed by atoms with Crippen LogP contribution >= 0.6 is 0 Å². The van der Waals surface area contributed by atoms with Gasteiger partial charge in [-0.2, -0.15) is 0 Å². The van der Waals surface area contributed by atoms with Gasteiger partial charge in [-0.25, -0.2) is 0 Å². The zero-order valence-corrected chi connectivity index (χ0v) is 17.5. The molecule has 150 valence electrons. The Morgan fingerprint density at radius 3 is 2.14 bits per heavy atom. The maximum Gasteiger partial charge on any atom is 0.0721 e. The lowest BCUT2D eigenvalue weighted by atomic mass is 9.77. The lowest BCUT2D eigenvalue weighted by Gasteiger charge is -2.29. The van der Waals surface area contributed by atoms with E-state index in [0.717, 1.165) is 11.8 Å². The highest BCUT2D eigenvalue weighted by molar-refractivity contribution is 5.64. The van der Waals surface area contributed by atoms with Crippen LogP contribution in [0.2, 0.25) is 0 Å². The highest BCUT2D eigenvalue weighted by Gasteiger charge is 2.21. The van der Waals surface area contributed by atoms with E-state index in [1.165, 1.54) is 73.6 Å². The molecule has 1 saturated carbocycles. The molecule has 1 heteroatoms. The summed E-state index contributed by atoms with van der Waals surface area (Å²) >= 11 is 0. The van der Waals surface area contributed by atoms with Gasteiger partial charge in [0.25, 0.3) is 0 Å². The van der Waals surface area contributed by atoms with E-state index >= 15 is 0 Å². The van der Waals surface area contributed by atoms with E-state index in [9.17, 15) is 0 Å². The van der Waals surface area contributed by atoms with Crippen LogP contribution in [0, 0.1) is 5.92 Å². The Hall–Kier alpha value is -1.86. The number of benzene rings is 2. The predicted molar refractivity (Wildman–Crippen MR) is 121 cm³/mol. The number of rotatable bonds is 10. The molecule has 2 aromatic carbocycles. The van der Waals surface area contributed by atoms with Crippen LogP contribution in [0.15, 0.2) is 61.2 Å². The van der Waals surface area contributed by atoms with Gasteiger partial charge in [0.1, 0.15) is 0 Å². The summed E-state index contributed by atoms with van der Waals surface area (Å²) < 4.78 is 5.51. The van der Waals surface area contributed by atoms with Gasteiger partial charge in [-0.15, -0.1) is 6.58 Å². The molecule has 0 atom stereocenters. The molecule has 1 aliphatic carbocycles. The summed E-state index contributed by atoms with van der Waals surface area (Å²) in [6, 6.07) is 18.0. The Balaban J connectivity index is 1.52. The van der Waals surface area contributed by atoms with Crippen molar-refractivity contribution in [2.75, 3.05) is 6.61 Å². The lowest BCUT2D eigenvalue weighted by Crippen LogP contribution is -2.13. The number of hydrogen-bond acceptors (Lipinski definition) is 1. The second-order valence-electron chi connectivity index (χ2n) is 8.34. The molecule has 0 saturated heterocycles. The number of unbranched alkanes of at least 4 members (excludes halogenated alkanes) is 2. The van der Waals surface area contributed by atoms with Crippen LogP contribution in [0.5, 0.6) is 0 Å². The first-order valence-corrected chi connectivity index (χ1v) is 11.2. The molecule has 0 N–H and O–H groups in total. The third-order valence-electron chi connectivity index (χ3n) is 6.24. The molecule has 2 aromatic rings. The highest BCUT2D eigenvalue weighted by Crippen LogP contribution is 2.38. The van der Waals surface area contributed by atoms with Gasteiger partial charge in [0.15, 0.2) is 0 Å². The van der Waals surface area contributed by atoms with Crippen molar-refractivity contribution in [3.05, 3.63) is 72.3 Å². The Morgan fingerprint density at radius 1 is 0.893 bits per heavy atom. The molecule has 0 radical (unpaired) electrons. The minimum absolute atomic E-state index is 0.601. The first-order chi connectivity index (χ1) is 13.8. The summed E-state index contributed by atoms with van der Waals surface area (Å²) in [6.45, 7) is 7.23. The van der Waals surface area contributed by atoms with Gasteiger partial charge in [0, 0.05) is 0 Å². The molecular formula is C27H36O. The van der Waals surface area contributed by atoms with E-state index in [0.29, 0.717) is 13.2 Å². The fourth-order valence-electron chi connectivity index (χ4n) is 4.47. The quantitative estimate of drug-likeness (QED) is 0.302. The molecule has 0 aromatic heterocycles. The molecule has 28 heavy (non-hydrogen) atoms. The van der Waals surface area contributed by atoms with Gasteiger partial charge < -0.3 is 4.74 Å². The smallest absolute Gasteiger partial charge is 0.0721 e. The van der Waals surface area contributed by atoms with Gasteiger partial charge in [-0.3, -0.25) is 0 Å². The number of hydrogen-bond donors (Lipinski definition) is 0. The average Bonchev–Trinajstić information content (AvgIpc) is 2.75. The summed E-state index contributed by atoms with van der Waals surface area (Å²) in [5.74, 6) is 1.75. The minimum Gasteiger partial charge on any atom is -0.373 e. The van der Waals surface area contributed by atoms with Crippen molar-refractivity contribution in [1.82, 2.24) is 0 Å². The summed E-state index contributed by atoms with van der Waals surface area (Å²) in [4.78, 5) is 0. The van der Waals surface area contributed by atoms with Crippen LogP contribution in [0.25, 0.3) is 11.1 Å². The van der Waals surface area contributed by atoms with Gasteiger partial charge in [0.05, 0.1) is 13.2 Å². The van der Waals surface area contributed by atoms with Crippen LogP contribution in [0.3, 0.4) is 0 Å². The molecular weight excluding hydrogens is 340 g/mol. The lowest BCUT2D eigenvalue weighted by molar-refractivity contribution is 0.149. The second kappa shape index (κ2) is 11.2. The largest absolute Gasteiger partial charge is 0.373 e. The predicted octanol–water partition coefficient (Wildman–Crippen LogP) is 7.91. The van der Waals surface area contributed by atoms with Crippen molar-refractivity contribution in [1.29, 1.82) is 0 Å². The fraction of sp³-hybridized carbons (Fsp3) is 0.481. The van der Waals surface area contributed by atoms with Gasteiger partial charge in [-0.1, -0.05) is 87.2 Å². The Morgan fingerprint density at radius 2 is 1.54 bits per heavy atom. The van der Waals surface area contributed by atoms with E-state index in [2.05, 4.69) is 62.0 Å². The van der Waals surface area contributed by atoms with Crippen LogP contribution in [-0.2, 0) is 11.3 Å². The third kappa shape index (κ3) is 6.07. The van der Waals surface area contributed by atoms with Crippen molar-refractivity contribution >= 4 is 0 Å². The average molecular weight is 377 g/mol. The molecule has 0 spiro atoms. The molecule has 1 nitrogen and oxygen atoms in total. The Labute approximate surface area is 171 Å². The Bertz CT molecular complexity index is 690. The zero-order chi connectivity index (χ0) is 19.6. The van der Waals surface area contributed by atoms with Crippen molar-refractivity contribution < 1.29 is 4.74 Å². The normalized spacial score (nSPS) is 19.5. The van der Waals surface area contributed by atoms with E-state index in [1.807, 2.05) is 0 Å². The van der Waals surface area contributed by atoms with E-state index in [-0.39, 0.29) is 0 Å². The molecule has 0 unspecified atom stereocenters. The fourth-order valence-corrected chi connectivity index (χ4v) is 4.47. The monoisotopic (exact) mass is 376 g/mol. The molecule has 0 amide bonds. The molecule has 1 fully saturated rings. The van der Waals surface area contributed by atoms with Crippen molar-refractivity contribution in [3.63, 3.8) is 0 Å². The third-order valence-corrected chi connectivity index (χ3v) is 6.24. The van der Waals surface area contributed by atoms with E-state index < -0.39 is 0 Å². The maximum atomic E-state index is 5.51. The highest BCUT2D eigenvalue weighted by atomic mass is 16.5. The molecule has 0 heterocycles. The molecule has 1 aliphatic rings. The summed E-state index contributed by atoms with van der Waals surface area (Å²) in [5, 5.41) is 0. The zero-order valence-electron chi connectivity index (χ0n) is 17.5. The van der Waals surface area contributed by atoms with E-state index in [1.54, 1.807) is 6.08 Å². The number of ether oxygens (including phenoxy) is 1. The maximum absolute atomic E-state index is 5.51. The standard InChI is InChI=1S/C27H36O/c1-3-5-6-7-22-8-12-24(13-9-22)26-16-18-27(19-17-26)25-14-10-23(11-15-25)21-28-20-4-2/h4,10-11,14-19,22,24H,2-3,5-9,12-13,20-21H2,1H3/t22-,24-. The first kappa shape index (κ1) is 20.9. The minimum atomic E-state index is 0.601. The van der Waals surface area contributed by atoms with Gasteiger partial charge in [-0.05, 0) is 59.8 Å². The van der Waals surface area contributed by atoms with Crippen molar-refractivity contribution in [3.8, 4) is 11.1 Å². The van der Waals surface area contributed by atoms with Crippen LogP contribution in [-0.4, -0.2) is 6.61 Å². The van der Waals surface area contributed by atoms with Crippen LogP contribution in [0.1, 0.15) is 75.3 Å².